The van der Waals surface area contributed by atoms with Crippen LogP contribution in [0.5, 0.6) is 0 Å². The van der Waals surface area contributed by atoms with Crippen LogP contribution in [-0.4, -0.2) is 23.3 Å². The van der Waals surface area contributed by atoms with E-state index in [2.05, 4.69) is 44.8 Å². The Morgan fingerprint density at radius 1 is 0.947 bits per heavy atom. The fraction of sp³-hybridized carbons (Fsp3) is 0.400. The molecule has 4 heteroatoms. The number of nitrogens with zero attached hydrogens (tertiary/aromatic N) is 1. The summed E-state index contributed by atoms with van der Waals surface area (Å²) in [4.78, 5) is 4.46. The highest BCUT2D eigenvalue weighted by atomic mass is 16.7. The summed E-state index contributed by atoms with van der Waals surface area (Å²) in [7, 11) is -0.358. The zero-order valence-corrected chi connectivity index (χ0v) is 11.8. The van der Waals surface area contributed by atoms with Crippen LogP contribution < -0.4 is 5.46 Å². The zero-order chi connectivity index (χ0) is 13.7. The van der Waals surface area contributed by atoms with Crippen LogP contribution in [0.3, 0.4) is 0 Å². The second kappa shape index (κ2) is 4.05. The monoisotopic (exact) mass is 255 g/mol. The van der Waals surface area contributed by atoms with Gasteiger partial charge < -0.3 is 9.31 Å². The lowest BCUT2D eigenvalue weighted by Gasteiger charge is -2.32. The molecule has 1 aromatic heterocycles. The molecular weight excluding hydrogens is 237 g/mol. The zero-order valence-electron chi connectivity index (χ0n) is 11.8. The van der Waals surface area contributed by atoms with Crippen LogP contribution in [0.4, 0.5) is 0 Å². The van der Waals surface area contributed by atoms with Crippen molar-refractivity contribution in [2.24, 2.45) is 0 Å². The molecule has 0 unspecified atom stereocenters. The van der Waals surface area contributed by atoms with Crippen LogP contribution in [0.15, 0.2) is 36.5 Å². The maximum atomic E-state index is 6.10. The lowest BCUT2D eigenvalue weighted by atomic mass is 9.77. The van der Waals surface area contributed by atoms with E-state index < -0.39 is 0 Å². The fourth-order valence-electron chi connectivity index (χ4n) is 2.29. The average Bonchev–Trinajstić information content (AvgIpc) is 2.58. The average molecular weight is 255 g/mol. The van der Waals surface area contributed by atoms with Gasteiger partial charge in [0.15, 0.2) is 0 Å². The minimum Gasteiger partial charge on any atom is -0.399 e. The van der Waals surface area contributed by atoms with Crippen molar-refractivity contribution < 1.29 is 9.31 Å². The van der Waals surface area contributed by atoms with Gasteiger partial charge in [0.2, 0.25) is 0 Å². The molecule has 0 atom stereocenters. The molecule has 0 aliphatic carbocycles. The maximum Gasteiger partial charge on any atom is 0.497 e. The molecule has 2 heterocycles. The molecule has 3 nitrogen and oxygen atoms in total. The molecular formula is C15H18BNO2. The molecule has 0 saturated carbocycles. The van der Waals surface area contributed by atoms with Gasteiger partial charge in [0, 0.05) is 11.7 Å². The maximum absolute atomic E-state index is 6.10. The van der Waals surface area contributed by atoms with E-state index in [1.165, 1.54) is 0 Å². The summed E-state index contributed by atoms with van der Waals surface area (Å²) in [6, 6.07) is 10.1. The van der Waals surface area contributed by atoms with Gasteiger partial charge in [-0.2, -0.15) is 0 Å². The molecule has 0 amide bonds. The Morgan fingerprint density at radius 2 is 1.58 bits per heavy atom. The SMILES string of the molecule is CC1(C)OB(c2cccc3cccnc23)OC1(C)C. The van der Waals surface area contributed by atoms with Crippen molar-refractivity contribution in [2.45, 2.75) is 38.9 Å². The third-order valence-corrected chi connectivity index (χ3v) is 4.17. The van der Waals surface area contributed by atoms with Crippen LogP contribution in [0.25, 0.3) is 10.9 Å². The third kappa shape index (κ3) is 1.95. The van der Waals surface area contributed by atoms with Crippen LogP contribution in [0, 0.1) is 0 Å². The molecule has 98 valence electrons. The second-order valence-electron chi connectivity index (χ2n) is 6.01. The van der Waals surface area contributed by atoms with E-state index >= 15 is 0 Å². The predicted molar refractivity (Wildman–Crippen MR) is 77.5 cm³/mol. The molecule has 2 aromatic rings. The normalized spacial score (nSPS) is 20.9. The fourth-order valence-corrected chi connectivity index (χ4v) is 2.29. The Bertz CT molecular complexity index is 603. The Morgan fingerprint density at radius 3 is 2.26 bits per heavy atom. The van der Waals surface area contributed by atoms with Crippen LogP contribution in [0.1, 0.15) is 27.7 Å². The van der Waals surface area contributed by atoms with Crippen molar-refractivity contribution >= 4 is 23.5 Å². The summed E-state index contributed by atoms with van der Waals surface area (Å²) >= 11 is 0. The molecule has 1 fully saturated rings. The lowest BCUT2D eigenvalue weighted by molar-refractivity contribution is 0.00578. The number of hydrogen-bond acceptors (Lipinski definition) is 3. The molecule has 1 aromatic carbocycles. The van der Waals surface area contributed by atoms with Gasteiger partial charge in [-0.15, -0.1) is 0 Å². The first kappa shape index (κ1) is 12.6. The molecule has 0 radical (unpaired) electrons. The van der Waals surface area contributed by atoms with Gasteiger partial charge in [-0.1, -0.05) is 24.3 Å². The van der Waals surface area contributed by atoms with E-state index in [9.17, 15) is 0 Å². The smallest absolute Gasteiger partial charge is 0.399 e. The van der Waals surface area contributed by atoms with Crippen molar-refractivity contribution in [1.29, 1.82) is 0 Å². The van der Waals surface area contributed by atoms with Gasteiger partial charge in [0.25, 0.3) is 0 Å². The molecule has 1 aliphatic rings. The highest BCUT2D eigenvalue weighted by Crippen LogP contribution is 2.36. The molecule has 0 spiro atoms. The quantitative estimate of drug-likeness (QED) is 0.734. The first-order valence-corrected chi connectivity index (χ1v) is 6.60. The van der Waals surface area contributed by atoms with Gasteiger partial charge in [-0.25, -0.2) is 0 Å². The first-order valence-electron chi connectivity index (χ1n) is 6.60. The molecule has 1 saturated heterocycles. The minimum atomic E-state index is -0.358. The number of para-hydroxylation sites is 1. The highest BCUT2D eigenvalue weighted by Gasteiger charge is 2.52. The Labute approximate surface area is 114 Å². The molecule has 19 heavy (non-hydrogen) atoms. The first-order chi connectivity index (χ1) is 8.91. The lowest BCUT2D eigenvalue weighted by Crippen LogP contribution is -2.41. The van der Waals surface area contributed by atoms with Crippen LogP contribution in [-0.2, 0) is 9.31 Å². The number of pyridine rings is 1. The van der Waals surface area contributed by atoms with Gasteiger partial charge in [-0.05, 0) is 39.1 Å². The Hall–Kier alpha value is -1.39. The van der Waals surface area contributed by atoms with E-state index in [0.29, 0.717) is 0 Å². The Balaban J connectivity index is 2.08. The van der Waals surface area contributed by atoms with E-state index in [1.807, 2.05) is 18.2 Å². The number of fused-ring (bicyclic) bond motifs is 1. The van der Waals surface area contributed by atoms with Gasteiger partial charge in [0.05, 0.1) is 16.7 Å². The van der Waals surface area contributed by atoms with E-state index in [-0.39, 0.29) is 18.3 Å². The third-order valence-electron chi connectivity index (χ3n) is 4.17. The number of aromatic nitrogens is 1. The summed E-state index contributed by atoms with van der Waals surface area (Å²) in [5, 5.41) is 1.11. The standard InChI is InChI=1S/C15H18BNO2/c1-14(2)15(3,4)19-16(18-14)12-9-5-7-11-8-6-10-17-13(11)12/h5-10H,1-4H3. The van der Waals surface area contributed by atoms with Gasteiger partial charge in [-0.3, -0.25) is 4.98 Å². The molecule has 1 aliphatic heterocycles. The van der Waals surface area contributed by atoms with Crippen molar-refractivity contribution in [3.8, 4) is 0 Å². The van der Waals surface area contributed by atoms with E-state index in [0.717, 1.165) is 16.4 Å². The van der Waals surface area contributed by atoms with Crippen LogP contribution >= 0.6 is 0 Å². The van der Waals surface area contributed by atoms with Crippen molar-refractivity contribution in [3.05, 3.63) is 36.5 Å². The van der Waals surface area contributed by atoms with Crippen molar-refractivity contribution in [3.63, 3.8) is 0 Å². The predicted octanol–water partition coefficient (Wildman–Crippen LogP) is 2.53. The number of rotatable bonds is 1. The van der Waals surface area contributed by atoms with Gasteiger partial charge in [0.1, 0.15) is 0 Å². The van der Waals surface area contributed by atoms with E-state index in [4.69, 9.17) is 9.31 Å². The number of hydrogen-bond donors (Lipinski definition) is 0. The van der Waals surface area contributed by atoms with Gasteiger partial charge >= 0.3 is 7.12 Å². The topological polar surface area (TPSA) is 31.4 Å². The molecule has 0 bridgehead atoms. The number of benzene rings is 1. The largest absolute Gasteiger partial charge is 0.497 e. The minimum absolute atomic E-state index is 0.325. The summed E-state index contributed by atoms with van der Waals surface area (Å²) < 4.78 is 12.2. The molecule has 3 rings (SSSR count). The summed E-state index contributed by atoms with van der Waals surface area (Å²) in [5.74, 6) is 0. The molecule has 0 N–H and O–H groups in total. The summed E-state index contributed by atoms with van der Waals surface area (Å²) in [5.41, 5.74) is 1.30. The highest BCUT2D eigenvalue weighted by molar-refractivity contribution is 6.64. The summed E-state index contributed by atoms with van der Waals surface area (Å²) in [6.45, 7) is 8.24. The van der Waals surface area contributed by atoms with Crippen molar-refractivity contribution in [2.75, 3.05) is 0 Å². The summed E-state index contributed by atoms with van der Waals surface area (Å²) in [6.07, 6.45) is 1.80. The van der Waals surface area contributed by atoms with E-state index in [1.54, 1.807) is 6.20 Å². The Kier molecular flexibility index (Phi) is 2.70. The van der Waals surface area contributed by atoms with Crippen LogP contribution in [0.2, 0.25) is 0 Å². The second-order valence-corrected chi connectivity index (χ2v) is 6.01. The van der Waals surface area contributed by atoms with Crippen molar-refractivity contribution in [1.82, 2.24) is 4.98 Å².